The lowest BCUT2D eigenvalue weighted by Crippen LogP contribution is -2.03. The van der Waals surface area contributed by atoms with Gasteiger partial charge >= 0.3 is 5.97 Å². The van der Waals surface area contributed by atoms with Crippen LogP contribution < -0.4 is 5.32 Å². The molecule has 17 heavy (non-hydrogen) atoms. The van der Waals surface area contributed by atoms with Gasteiger partial charge in [0.15, 0.2) is 0 Å². The monoisotopic (exact) mass is 255 g/mol. The SMILES string of the molecule is COC(=O)CCCCCNc1ccc(Cl)cc1. The van der Waals surface area contributed by atoms with E-state index in [0.29, 0.717) is 6.42 Å². The van der Waals surface area contributed by atoms with Gasteiger partial charge in [0.2, 0.25) is 0 Å². The van der Waals surface area contributed by atoms with Gasteiger partial charge in [-0.15, -0.1) is 0 Å². The maximum Gasteiger partial charge on any atom is 0.305 e. The Morgan fingerprint density at radius 1 is 1.24 bits per heavy atom. The number of rotatable bonds is 7. The molecule has 3 nitrogen and oxygen atoms in total. The summed E-state index contributed by atoms with van der Waals surface area (Å²) < 4.78 is 4.57. The third-order valence-corrected chi connectivity index (χ3v) is 2.71. The average molecular weight is 256 g/mol. The van der Waals surface area contributed by atoms with Crippen LogP contribution in [0.25, 0.3) is 0 Å². The Balaban J connectivity index is 2.04. The van der Waals surface area contributed by atoms with E-state index in [9.17, 15) is 4.79 Å². The Labute approximate surface area is 107 Å². The number of unbranched alkanes of at least 4 members (excludes halogenated alkanes) is 2. The fourth-order valence-electron chi connectivity index (χ4n) is 1.47. The minimum absolute atomic E-state index is 0.129. The molecule has 0 saturated carbocycles. The third-order valence-electron chi connectivity index (χ3n) is 2.46. The van der Waals surface area contributed by atoms with E-state index in [-0.39, 0.29) is 5.97 Å². The quantitative estimate of drug-likeness (QED) is 0.599. The summed E-state index contributed by atoms with van der Waals surface area (Å²) in [6, 6.07) is 7.63. The van der Waals surface area contributed by atoms with Crippen molar-refractivity contribution in [3.63, 3.8) is 0 Å². The number of hydrogen-bond acceptors (Lipinski definition) is 3. The molecular formula is C13H18ClNO2. The van der Waals surface area contributed by atoms with Crippen LogP contribution in [0.1, 0.15) is 25.7 Å². The second-order valence-electron chi connectivity index (χ2n) is 3.82. The van der Waals surface area contributed by atoms with Gasteiger partial charge in [0.25, 0.3) is 0 Å². The lowest BCUT2D eigenvalue weighted by atomic mass is 10.2. The summed E-state index contributed by atoms with van der Waals surface area (Å²) in [5.41, 5.74) is 1.07. The number of anilines is 1. The Bertz CT molecular complexity index is 338. The number of benzene rings is 1. The molecule has 0 aliphatic rings. The van der Waals surface area contributed by atoms with Gasteiger partial charge in [0.05, 0.1) is 7.11 Å². The van der Waals surface area contributed by atoms with Crippen LogP contribution in [0.4, 0.5) is 5.69 Å². The molecule has 0 amide bonds. The maximum atomic E-state index is 10.8. The van der Waals surface area contributed by atoms with Crippen molar-refractivity contribution in [2.75, 3.05) is 19.0 Å². The van der Waals surface area contributed by atoms with Crippen LogP contribution in [0.2, 0.25) is 5.02 Å². The fraction of sp³-hybridized carbons (Fsp3) is 0.462. The van der Waals surface area contributed by atoms with E-state index in [1.807, 2.05) is 24.3 Å². The smallest absolute Gasteiger partial charge is 0.305 e. The lowest BCUT2D eigenvalue weighted by Gasteiger charge is -2.06. The molecule has 1 aromatic carbocycles. The zero-order chi connectivity index (χ0) is 12.5. The predicted octanol–water partition coefficient (Wildman–Crippen LogP) is 3.49. The first kappa shape index (κ1) is 13.8. The normalized spacial score (nSPS) is 10.0. The molecule has 0 aliphatic carbocycles. The van der Waals surface area contributed by atoms with E-state index in [0.717, 1.165) is 36.5 Å². The summed E-state index contributed by atoms with van der Waals surface area (Å²) in [5, 5.41) is 4.04. The average Bonchev–Trinajstić information content (AvgIpc) is 2.35. The molecule has 1 N–H and O–H groups in total. The van der Waals surface area contributed by atoms with Crippen LogP contribution in [0.3, 0.4) is 0 Å². The lowest BCUT2D eigenvalue weighted by molar-refractivity contribution is -0.140. The predicted molar refractivity (Wildman–Crippen MR) is 70.4 cm³/mol. The first-order valence-electron chi connectivity index (χ1n) is 5.78. The van der Waals surface area contributed by atoms with Gasteiger partial charge in [0.1, 0.15) is 0 Å². The van der Waals surface area contributed by atoms with Gasteiger partial charge in [0, 0.05) is 23.7 Å². The molecule has 0 aliphatic heterocycles. The van der Waals surface area contributed by atoms with Gasteiger partial charge < -0.3 is 10.1 Å². The molecule has 0 unspecified atom stereocenters. The number of nitrogens with one attached hydrogen (secondary N) is 1. The molecule has 0 radical (unpaired) electrons. The van der Waals surface area contributed by atoms with Crippen LogP contribution in [-0.2, 0) is 9.53 Å². The second kappa shape index (κ2) is 7.96. The fourth-order valence-corrected chi connectivity index (χ4v) is 1.60. The highest BCUT2D eigenvalue weighted by Gasteiger charge is 1.99. The molecule has 0 atom stereocenters. The number of esters is 1. The molecule has 0 aromatic heterocycles. The Morgan fingerprint density at radius 3 is 2.59 bits per heavy atom. The van der Waals surface area contributed by atoms with E-state index in [1.165, 1.54) is 7.11 Å². The minimum Gasteiger partial charge on any atom is -0.469 e. The highest BCUT2D eigenvalue weighted by atomic mass is 35.5. The van der Waals surface area contributed by atoms with Crippen LogP contribution in [0.5, 0.6) is 0 Å². The zero-order valence-electron chi connectivity index (χ0n) is 10.0. The summed E-state index contributed by atoms with van der Waals surface area (Å²) in [7, 11) is 1.42. The van der Waals surface area contributed by atoms with Crippen molar-refractivity contribution in [1.29, 1.82) is 0 Å². The van der Waals surface area contributed by atoms with Crippen molar-refractivity contribution in [3.05, 3.63) is 29.3 Å². The van der Waals surface area contributed by atoms with Crippen molar-refractivity contribution in [2.24, 2.45) is 0 Å². The highest BCUT2D eigenvalue weighted by molar-refractivity contribution is 6.30. The maximum absolute atomic E-state index is 10.8. The third kappa shape index (κ3) is 6.17. The summed E-state index contributed by atoms with van der Waals surface area (Å²) in [4.78, 5) is 10.8. The van der Waals surface area contributed by atoms with Crippen molar-refractivity contribution in [3.8, 4) is 0 Å². The van der Waals surface area contributed by atoms with E-state index in [4.69, 9.17) is 11.6 Å². The number of ether oxygens (including phenoxy) is 1. The summed E-state index contributed by atoms with van der Waals surface area (Å²) in [6.07, 6.45) is 3.46. The first-order valence-corrected chi connectivity index (χ1v) is 6.16. The van der Waals surface area contributed by atoms with Crippen molar-refractivity contribution < 1.29 is 9.53 Å². The molecule has 0 spiro atoms. The van der Waals surface area contributed by atoms with Crippen molar-refractivity contribution in [2.45, 2.75) is 25.7 Å². The first-order chi connectivity index (χ1) is 8.22. The van der Waals surface area contributed by atoms with Gasteiger partial charge in [-0.3, -0.25) is 4.79 Å². The molecular weight excluding hydrogens is 238 g/mol. The van der Waals surface area contributed by atoms with E-state index in [1.54, 1.807) is 0 Å². The topological polar surface area (TPSA) is 38.3 Å². The van der Waals surface area contributed by atoms with Crippen LogP contribution in [0.15, 0.2) is 24.3 Å². The summed E-state index contributed by atoms with van der Waals surface area (Å²) >= 11 is 5.79. The van der Waals surface area contributed by atoms with E-state index < -0.39 is 0 Å². The highest BCUT2D eigenvalue weighted by Crippen LogP contribution is 2.13. The van der Waals surface area contributed by atoms with E-state index >= 15 is 0 Å². The number of methoxy groups -OCH3 is 1. The second-order valence-corrected chi connectivity index (χ2v) is 4.26. The van der Waals surface area contributed by atoms with Crippen LogP contribution >= 0.6 is 11.6 Å². The van der Waals surface area contributed by atoms with Gasteiger partial charge in [-0.25, -0.2) is 0 Å². The molecule has 1 aromatic rings. The Hall–Kier alpha value is -1.22. The minimum atomic E-state index is -0.129. The van der Waals surface area contributed by atoms with Crippen molar-refractivity contribution in [1.82, 2.24) is 0 Å². The zero-order valence-corrected chi connectivity index (χ0v) is 10.8. The standard InChI is InChI=1S/C13H18ClNO2/c1-17-13(16)5-3-2-4-10-15-12-8-6-11(14)7-9-12/h6-9,15H,2-5,10H2,1H3. The molecule has 4 heteroatoms. The van der Waals surface area contributed by atoms with Crippen LogP contribution in [-0.4, -0.2) is 19.6 Å². The van der Waals surface area contributed by atoms with E-state index in [2.05, 4.69) is 10.1 Å². The molecule has 0 heterocycles. The molecule has 1 rings (SSSR count). The molecule has 94 valence electrons. The van der Waals surface area contributed by atoms with Crippen LogP contribution in [0, 0.1) is 0 Å². The van der Waals surface area contributed by atoms with Gasteiger partial charge in [-0.1, -0.05) is 18.0 Å². The number of carbonyl (C=O) groups excluding carboxylic acids is 1. The summed E-state index contributed by atoms with van der Waals surface area (Å²) in [5.74, 6) is -0.129. The molecule has 0 saturated heterocycles. The number of carbonyl (C=O) groups is 1. The van der Waals surface area contributed by atoms with Crippen molar-refractivity contribution >= 4 is 23.3 Å². The van der Waals surface area contributed by atoms with Gasteiger partial charge in [-0.05, 0) is 37.1 Å². The number of halogens is 1. The Kier molecular flexibility index (Phi) is 6.48. The Morgan fingerprint density at radius 2 is 1.94 bits per heavy atom. The molecule has 0 fully saturated rings. The largest absolute Gasteiger partial charge is 0.469 e. The molecule has 0 bridgehead atoms. The summed E-state index contributed by atoms with van der Waals surface area (Å²) in [6.45, 7) is 0.906. The van der Waals surface area contributed by atoms with Gasteiger partial charge in [-0.2, -0.15) is 0 Å². The number of hydrogen-bond donors (Lipinski definition) is 1.